The summed E-state index contributed by atoms with van der Waals surface area (Å²) in [6, 6.07) is 27.2. The third kappa shape index (κ3) is 8.63. The van der Waals surface area contributed by atoms with Crippen molar-refractivity contribution in [3.8, 4) is 11.5 Å². The first-order chi connectivity index (χ1) is 18.7. The predicted molar refractivity (Wildman–Crippen MR) is 160 cm³/mol. The monoisotopic (exact) mass is 636 g/mol. The fourth-order valence-corrected chi connectivity index (χ4v) is 4.50. The Hall–Kier alpha value is -2.72. The third-order valence-corrected chi connectivity index (χ3v) is 6.28. The van der Waals surface area contributed by atoms with Crippen LogP contribution >= 0.6 is 17.0 Å². The standard InChI is InChI=1S/C32H32N2O2.2ClH.Zr/c1-21-15-23(3)31(35)27(17-21)19-33-29(25-11-7-5-8-12-25)30(26-13-9-6-10-14-26)34-20-28-18-22(2)16-24(4)32(28)36;;;/h5-20,29-30,35-36H,1-4H3;2*1H;/q;;;+2/p-2/t29-,30-;;;/m1.../s1. The Kier molecular flexibility index (Phi) is 12.0. The zero-order valence-corrected chi connectivity index (χ0v) is 26.4. The summed E-state index contributed by atoms with van der Waals surface area (Å²) in [6.07, 6.45) is 3.49. The number of nitrogens with zero attached hydrogens (tertiary/aromatic N) is 2. The zero-order valence-electron chi connectivity index (χ0n) is 22.4. The summed E-state index contributed by atoms with van der Waals surface area (Å²) >= 11 is -0.826. The first kappa shape index (κ1) is 30.8. The number of phenolic OH excluding ortho intramolecular Hbond substituents is 2. The van der Waals surface area contributed by atoms with Crippen LogP contribution in [-0.2, 0) is 20.8 Å². The van der Waals surface area contributed by atoms with Gasteiger partial charge in [0.2, 0.25) is 0 Å². The molecule has 39 heavy (non-hydrogen) atoms. The number of aromatic hydroxyl groups is 2. The summed E-state index contributed by atoms with van der Waals surface area (Å²) in [5.41, 5.74) is 7.12. The van der Waals surface area contributed by atoms with Crippen LogP contribution in [0.15, 0.2) is 94.9 Å². The molecule has 2 atom stereocenters. The molecule has 4 nitrogen and oxygen atoms in total. The van der Waals surface area contributed by atoms with E-state index in [1.54, 1.807) is 12.4 Å². The zero-order chi connectivity index (χ0) is 28.4. The number of aryl methyl sites for hydroxylation is 4. The summed E-state index contributed by atoms with van der Waals surface area (Å²) in [6.45, 7) is 7.79. The van der Waals surface area contributed by atoms with E-state index >= 15 is 0 Å². The maximum absolute atomic E-state index is 10.6. The molecule has 0 saturated carbocycles. The van der Waals surface area contributed by atoms with Crippen LogP contribution in [0.1, 0.15) is 56.6 Å². The molecule has 2 N–H and O–H groups in total. The second kappa shape index (κ2) is 15.2. The molecule has 0 heterocycles. The third-order valence-electron chi connectivity index (χ3n) is 6.28. The average molecular weight is 639 g/mol. The van der Waals surface area contributed by atoms with E-state index in [1.165, 1.54) is 0 Å². The molecular formula is C32H32Cl2N2O2Zr. The molecule has 0 amide bonds. The summed E-state index contributed by atoms with van der Waals surface area (Å²) in [4.78, 5) is 9.99. The SMILES string of the molecule is Cc1cc(C)c(O)c(C=N[C@H](c2ccccc2)[C@H](N=Cc2cc(C)cc(C)c2O)c2ccccc2)c1.[Cl][Zr][Cl]. The molecule has 0 bridgehead atoms. The molecule has 0 saturated heterocycles. The number of phenols is 2. The quantitative estimate of drug-likeness (QED) is 0.199. The van der Waals surface area contributed by atoms with Crippen molar-refractivity contribution in [3.05, 3.63) is 129 Å². The van der Waals surface area contributed by atoms with Crippen molar-refractivity contribution >= 4 is 29.5 Å². The van der Waals surface area contributed by atoms with Crippen LogP contribution < -0.4 is 0 Å². The Morgan fingerprint density at radius 3 is 1.28 bits per heavy atom. The van der Waals surface area contributed by atoms with Crippen molar-refractivity contribution in [2.75, 3.05) is 0 Å². The van der Waals surface area contributed by atoms with Gasteiger partial charge < -0.3 is 10.2 Å². The molecule has 200 valence electrons. The van der Waals surface area contributed by atoms with Crippen LogP contribution in [0, 0.1) is 27.7 Å². The van der Waals surface area contributed by atoms with Gasteiger partial charge in [0, 0.05) is 23.6 Å². The summed E-state index contributed by atoms with van der Waals surface area (Å²) in [5.74, 6) is 0.465. The van der Waals surface area contributed by atoms with Crippen molar-refractivity contribution in [2.24, 2.45) is 9.98 Å². The van der Waals surface area contributed by atoms with E-state index in [4.69, 9.17) is 27.0 Å². The molecule has 0 aliphatic heterocycles. The second-order valence-corrected chi connectivity index (χ2v) is 13.1. The molecule has 4 aromatic carbocycles. The predicted octanol–water partition coefficient (Wildman–Crippen LogP) is 8.73. The number of benzene rings is 4. The van der Waals surface area contributed by atoms with Gasteiger partial charge in [-0.05, 0) is 73.2 Å². The van der Waals surface area contributed by atoms with Gasteiger partial charge in [0.1, 0.15) is 23.6 Å². The Morgan fingerprint density at radius 1 is 0.615 bits per heavy atom. The van der Waals surface area contributed by atoms with Crippen molar-refractivity contribution in [1.29, 1.82) is 0 Å². The van der Waals surface area contributed by atoms with Gasteiger partial charge in [-0.25, -0.2) is 0 Å². The van der Waals surface area contributed by atoms with E-state index in [0.29, 0.717) is 11.1 Å². The van der Waals surface area contributed by atoms with Crippen LogP contribution in [0.25, 0.3) is 0 Å². The molecule has 0 unspecified atom stereocenters. The van der Waals surface area contributed by atoms with Gasteiger partial charge in [0.05, 0.1) is 0 Å². The second-order valence-electron chi connectivity index (χ2n) is 9.38. The molecule has 0 aliphatic carbocycles. The Balaban J connectivity index is 0.00000134. The van der Waals surface area contributed by atoms with Crippen molar-refractivity contribution < 1.29 is 31.1 Å². The normalized spacial score (nSPS) is 12.7. The Labute approximate surface area is 249 Å². The van der Waals surface area contributed by atoms with Gasteiger partial charge in [-0.3, -0.25) is 9.98 Å². The van der Waals surface area contributed by atoms with Gasteiger partial charge in [-0.1, -0.05) is 72.8 Å². The molecule has 0 aromatic heterocycles. The number of aliphatic imine (C=N–C) groups is 2. The molecule has 7 heteroatoms. The summed E-state index contributed by atoms with van der Waals surface area (Å²) in [5, 5.41) is 21.3. The fraction of sp³-hybridized carbons (Fsp3) is 0.188. The van der Waals surface area contributed by atoms with E-state index in [2.05, 4.69) is 0 Å². The Morgan fingerprint density at radius 2 is 0.949 bits per heavy atom. The number of hydrogen-bond donors (Lipinski definition) is 2. The molecule has 4 aromatic rings. The van der Waals surface area contributed by atoms with Crippen LogP contribution in [0.3, 0.4) is 0 Å². The fourth-order valence-electron chi connectivity index (χ4n) is 4.50. The molecular weight excluding hydrogens is 606 g/mol. The minimum atomic E-state index is -0.826. The van der Waals surface area contributed by atoms with E-state index in [1.807, 2.05) is 113 Å². The summed E-state index contributed by atoms with van der Waals surface area (Å²) < 4.78 is 0. The van der Waals surface area contributed by atoms with Crippen molar-refractivity contribution in [2.45, 2.75) is 39.8 Å². The first-order valence-corrected chi connectivity index (χ1v) is 18.8. The van der Waals surface area contributed by atoms with Crippen LogP contribution in [0.5, 0.6) is 11.5 Å². The number of halogens is 2. The average Bonchev–Trinajstić information content (AvgIpc) is 2.92. The van der Waals surface area contributed by atoms with E-state index in [9.17, 15) is 10.2 Å². The topological polar surface area (TPSA) is 65.2 Å². The Bertz CT molecular complexity index is 1320. The van der Waals surface area contributed by atoms with Gasteiger partial charge >= 0.3 is 37.9 Å². The van der Waals surface area contributed by atoms with E-state index in [0.717, 1.165) is 33.4 Å². The van der Waals surface area contributed by atoms with E-state index in [-0.39, 0.29) is 23.6 Å². The number of rotatable bonds is 7. The van der Waals surface area contributed by atoms with Crippen molar-refractivity contribution in [1.82, 2.24) is 0 Å². The molecule has 0 aliphatic rings. The molecule has 0 radical (unpaired) electrons. The molecule has 4 rings (SSSR count). The van der Waals surface area contributed by atoms with Gasteiger partial charge in [0.15, 0.2) is 0 Å². The first-order valence-electron chi connectivity index (χ1n) is 12.5. The van der Waals surface area contributed by atoms with Crippen LogP contribution in [0.4, 0.5) is 0 Å². The number of hydrogen-bond acceptors (Lipinski definition) is 4. The summed E-state index contributed by atoms with van der Waals surface area (Å²) in [7, 11) is 9.87. The molecule has 0 spiro atoms. The van der Waals surface area contributed by atoms with Gasteiger partial charge in [0.25, 0.3) is 0 Å². The van der Waals surface area contributed by atoms with Gasteiger partial charge in [-0.15, -0.1) is 0 Å². The van der Waals surface area contributed by atoms with E-state index < -0.39 is 20.8 Å². The molecule has 0 fully saturated rings. The minimum absolute atomic E-state index is 0.232. The van der Waals surface area contributed by atoms with Crippen LogP contribution in [-0.4, -0.2) is 22.6 Å². The van der Waals surface area contributed by atoms with Crippen LogP contribution in [0.2, 0.25) is 0 Å². The van der Waals surface area contributed by atoms with Crippen molar-refractivity contribution in [3.63, 3.8) is 0 Å². The maximum atomic E-state index is 10.6. The van der Waals surface area contributed by atoms with Gasteiger partial charge in [-0.2, -0.15) is 0 Å².